The fraction of sp³-hybridized carbons (Fsp3) is 0.0500. The van der Waals surface area contributed by atoms with Gasteiger partial charge in [0.1, 0.15) is 17.5 Å². The number of halogens is 3. The maximum atomic E-state index is 13.8. The first kappa shape index (κ1) is 17.3. The van der Waals surface area contributed by atoms with Crippen molar-refractivity contribution in [3.05, 3.63) is 83.3 Å². The molecule has 0 fully saturated rings. The van der Waals surface area contributed by atoms with Crippen LogP contribution in [0, 0.1) is 0 Å². The van der Waals surface area contributed by atoms with E-state index in [0.717, 1.165) is 5.56 Å². The van der Waals surface area contributed by atoms with E-state index in [1.54, 1.807) is 36.7 Å². The van der Waals surface area contributed by atoms with Gasteiger partial charge in [-0.15, -0.1) is 0 Å². The number of benzene rings is 1. The molecule has 27 heavy (non-hydrogen) atoms. The summed E-state index contributed by atoms with van der Waals surface area (Å²) in [5.41, 5.74) is 1.61. The number of anilines is 1. The molecule has 7 heteroatoms. The van der Waals surface area contributed by atoms with Gasteiger partial charge >= 0.3 is 0 Å². The van der Waals surface area contributed by atoms with E-state index in [1.165, 1.54) is 18.2 Å². The van der Waals surface area contributed by atoms with Crippen LogP contribution in [0.25, 0.3) is 22.3 Å². The first-order valence-corrected chi connectivity index (χ1v) is 8.54. The summed E-state index contributed by atoms with van der Waals surface area (Å²) in [6.07, 6.45) is 6.84. The second kappa shape index (κ2) is 7.25. The quantitative estimate of drug-likeness (QED) is 0.626. The molecule has 0 spiro atoms. The Labute approximate surface area is 158 Å². The van der Waals surface area contributed by atoms with E-state index < -0.39 is 11.7 Å². The lowest BCUT2D eigenvalue weighted by Gasteiger charge is -2.12. The fourth-order valence-corrected chi connectivity index (χ4v) is 2.87. The van der Waals surface area contributed by atoms with Crippen molar-refractivity contribution in [1.29, 1.82) is 0 Å². The molecule has 0 bridgehead atoms. The molecule has 1 aromatic carbocycles. The summed E-state index contributed by atoms with van der Waals surface area (Å²) in [6, 6.07) is 8.81. The molecule has 0 amide bonds. The maximum Gasteiger partial charge on any atom is 0.163 e. The fourth-order valence-electron chi connectivity index (χ4n) is 2.70. The third-order valence-corrected chi connectivity index (χ3v) is 4.17. The van der Waals surface area contributed by atoms with Crippen LogP contribution in [-0.2, 0) is 0 Å². The van der Waals surface area contributed by atoms with Crippen LogP contribution in [0.5, 0.6) is 0 Å². The van der Waals surface area contributed by atoms with Gasteiger partial charge < -0.3 is 5.32 Å². The molecular weight excluding hydrogens is 370 g/mol. The van der Waals surface area contributed by atoms with Gasteiger partial charge in [-0.1, -0.05) is 11.6 Å². The summed E-state index contributed by atoms with van der Waals surface area (Å²) >= 11 is 6.11. The van der Waals surface area contributed by atoms with Gasteiger partial charge in [-0.3, -0.25) is 4.98 Å². The second-order valence-corrected chi connectivity index (χ2v) is 6.34. The number of pyridine rings is 1. The monoisotopic (exact) mass is 382 g/mol. The highest BCUT2D eigenvalue weighted by Gasteiger charge is 2.13. The van der Waals surface area contributed by atoms with Gasteiger partial charge in [0.05, 0.1) is 5.52 Å². The van der Waals surface area contributed by atoms with Gasteiger partial charge in [-0.2, -0.15) is 0 Å². The number of hydrogen-bond donors (Lipinski definition) is 1. The maximum absolute atomic E-state index is 13.8. The number of nitrogens with one attached hydrogen (secondary N) is 1. The molecule has 4 rings (SSSR count). The molecule has 2 heterocycles. The predicted octanol–water partition coefficient (Wildman–Crippen LogP) is 5.75. The van der Waals surface area contributed by atoms with Crippen LogP contribution in [0.15, 0.2) is 78.3 Å². The first-order chi connectivity index (χ1) is 13.1. The van der Waals surface area contributed by atoms with E-state index in [2.05, 4.69) is 20.3 Å². The number of allylic oxidation sites excluding steroid dienone is 5. The Morgan fingerprint density at radius 3 is 2.78 bits per heavy atom. The Bertz CT molecular complexity index is 1110. The molecule has 1 aliphatic carbocycles. The van der Waals surface area contributed by atoms with Crippen LogP contribution in [0.4, 0.5) is 14.6 Å². The molecular formula is C20H13ClF2N4. The Hall–Kier alpha value is -3.12. The molecule has 0 saturated carbocycles. The van der Waals surface area contributed by atoms with E-state index in [1.807, 2.05) is 6.07 Å². The molecule has 134 valence electrons. The molecule has 0 radical (unpaired) electrons. The van der Waals surface area contributed by atoms with Gasteiger partial charge in [-0.25, -0.2) is 18.7 Å². The van der Waals surface area contributed by atoms with Crippen molar-refractivity contribution in [3.8, 4) is 11.4 Å². The highest BCUT2D eigenvalue weighted by atomic mass is 35.5. The van der Waals surface area contributed by atoms with E-state index in [9.17, 15) is 8.78 Å². The predicted molar refractivity (Wildman–Crippen MR) is 102 cm³/mol. The lowest BCUT2D eigenvalue weighted by molar-refractivity contribution is 0.609. The lowest BCUT2D eigenvalue weighted by atomic mass is 10.2. The summed E-state index contributed by atoms with van der Waals surface area (Å²) in [6.45, 7) is 0. The first-order valence-electron chi connectivity index (χ1n) is 8.16. The standard InChI is InChI=1S/C20H13ClF2N4/c21-13-3-6-18-17(8-13)20(25-16-9-14(22)4-5-15(23)10-16)27-19(26-18)12-2-1-7-24-11-12/h1-4,6-11H,5H2,(H,25,26,27). The number of fused-ring (bicyclic) bond motifs is 1. The van der Waals surface area contributed by atoms with Gasteiger partial charge in [0, 0.05) is 40.5 Å². The van der Waals surface area contributed by atoms with Crippen LogP contribution in [-0.4, -0.2) is 15.0 Å². The smallest absolute Gasteiger partial charge is 0.163 e. The largest absolute Gasteiger partial charge is 0.339 e. The number of rotatable bonds is 3. The van der Waals surface area contributed by atoms with Crippen LogP contribution in [0.2, 0.25) is 5.02 Å². The van der Waals surface area contributed by atoms with Crippen molar-refractivity contribution in [1.82, 2.24) is 15.0 Å². The van der Waals surface area contributed by atoms with Crippen molar-refractivity contribution >= 4 is 28.3 Å². The second-order valence-electron chi connectivity index (χ2n) is 5.91. The zero-order valence-electron chi connectivity index (χ0n) is 14.0. The van der Waals surface area contributed by atoms with Gasteiger partial charge in [0.25, 0.3) is 0 Å². The van der Waals surface area contributed by atoms with Gasteiger partial charge in [0.15, 0.2) is 5.82 Å². The Morgan fingerprint density at radius 1 is 1.07 bits per heavy atom. The molecule has 0 saturated heterocycles. The normalized spacial score (nSPS) is 14.3. The number of hydrogen-bond acceptors (Lipinski definition) is 4. The van der Waals surface area contributed by atoms with E-state index in [0.29, 0.717) is 27.6 Å². The third-order valence-electron chi connectivity index (χ3n) is 3.94. The summed E-state index contributed by atoms with van der Waals surface area (Å²) in [5.74, 6) is -0.142. The Kier molecular flexibility index (Phi) is 4.64. The third kappa shape index (κ3) is 3.85. The van der Waals surface area contributed by atoms with Gasteiger partial charge in [0.2, 0.25) is 0 Å². The van der Waals surface area contributed by atoms with Crippen LogP contribution >= 0.6 is 11.6 Å². The molecule has 2 aromatic heterocycles. The minimum atomic E-state index is -0.523. The molecule has 1 aliphatic rings. The van der Waals surface area contributed by atoms with E-state index in [-0.39, 0.29) is 12.1 Å². The molecule has 0 aliphatic heterocycles. The summed E-state index contributed by atoms with van der Waals surface area (Å²) in [5, 5.41) is 4.14. The molecule has 0 unspecified atom stereocenters. The van der Waals surface area contributed by atoms with Crippen molar-refractivity contribution in [2.24, 2.45) is 0 Å². The SMILES string of the molecule is FC1=CCC(F)=CC(Nc2nc(-c3cccnc3)nc3ccc(Cl)cc23)=C1. The minimum absolute atomic E-state index is 0.0925. The van der Waals surface area contributed by atoms with Crippen LogP contribution in [0.3, 0.4) is 0 Å². The Morgan fingerprint density at radius 2 is 1.96 bits per heavy atom. The van der Waals surface area contributed by atoms with Crippen molar-refractivity contribution in [3.63, 3.8) is 0 Å². The molecule has 3 aromatic rings. The average Bonchev–Trinajstić information content (AvgIpc) is 2.83. The zero-order valence-corrected chi connectivity index (χ0v) is 14.7. The molecule has 4 nitrogen and oxygen atoms in total. The van der Waals surface area contributed by atoms with Crippen LogP contribution < -0.4 is 5.32 Å². The lowest BCUT2D eigenvalue weighted by Crippen LogP contribution is -2.03. The topological polar surface area (TPSA) is 50.7 Å². The highest BCUT2D eigenvalue weighted by Crippen LogP contribution is 2.29. The van der Waals surface area contributed by atoms with Crippen molar-refractivity contribution < 1.29 is 8.78 Å². The van der Waals surface area contributed by atoms with Crippen molar-refractivity contribution in [2.45, 2.75) is 6.42 Å². The van der Waals surface area contributed by atoms with Gasteiger partial charge in [-0.05, 0) is 48.6 Å². The summed E-state index contributed by atoms with van der Waals surface area (Å²) in [7, 11) is 0. The molecule has 0 atom stereocenters. The zero-order chi connectivity index (χ0) is 18.8. The summed E-state index contributed by atoms with van der Waals surface area (Å²) < 4.78 is 27.6. The number of nitrogens with zero attached hydrogens (tertiary/aromatic N) is 3. The minimum Gasteiger partial charge on any atom is -0.339 e. The average molecular weight is 383 g/mol. The number of aromatic nitrogens is 3. The van der Waals surface area contributed by atoms with E-state index >= 15 is 0 Å². The van der Waals surface area contributed by atoms with E-state index in [4.69, 9.17) is 11.6 Å². The van der Waals surface area contributed by atoms with Crippen molar-refractivity contribution in [2.75, 3.05) is 5.32 Å². The Balaban J connectivity index is 1.86. The summed E-state index contributed by atoms with van der Waals surface area (Å²) in [4.78, 5) is 13.2. The molecule has 1 N–H and O–H groups in total. The highest BCUT2D eigenvalue weighted by molar-refractivity contribution is 6.31. The van der Waals surface area contributed by atoms with Crippen LogP contribution in [0.1, 0.15) is 6.42 Å².